The summed E-state index contributed by atoms with van der Waals surface area (Å²) in [6.45, 7) is 1.83. The fourth-order valence-corrected chi connectivity index (χ4v) is 3.22. The number of benzene rings is 1. The molecule has 2 rings (SSSR count). The first-order valence-electron chi connectivity index (χ1n) is 4.90. The number of hydrogen-bond donors (Lipinski definition) is 1. The zero-order valence-corrected chi connectivity index (χ0v) is 11.3. The van der Waals surface area contributed by atoms with E-state index in [9.17, 15) is 13.2 Å². The molecule has 17 heavy (non-hydrogen) atoms. The maximum absolute atomic E-state index is 11.6. The molecule has 4 nitrogen and oxygen atoms in total. The van der Waals surface area contributed by atoms with Gasteiger partial charge in [0.2, 0.25) is 5.91 Å². The van der Waals surface area contributed by atoms with Gasteiger partial charge in [-0.25, -0.2) is 8.42 Å². The van der Waals surface area contributed by atoms with E-state index in [4.69, 9.17) is 10.7 Å². The third kappa shape index (κ3) is 2.75. The molecule has 92 valence electrons. The first kappa shape index (κ1) is 12.7. The number of halogens is 1. The molecule has 1 aromatic carbocycles. The fraction of sp³-hybridized carbons (Fsp3) is 0.300. The summed E-state index contributed by atoms with van der Waals surface area (Å²) >= 11 is 1.52. The molecule has 0 radical (unpaired) electrons. The maximum atomic E-state index is 11.6. The van der Waals surface area contributed by atoms with Gasteiger partial charge in [0.1, 0.15) is 0 Å². The van der Waals surface area contributed by atoms with Crippen molar-refractivity contribution in [2.24, 2.45) is 5.92 Å². The Hall–Kier alpha value is -0.720. The second-order valence-electron chi connectivity index (χ2n) is 3.80. The Morgan fingerprint density at radius 3 is 2.82 bits per heavy atom. The lowest BCUT2D eigenvalue weighted by Crippen LogP contribution is -2.20. The highest BCUT2D eigenvalue weighted by Crippen LogP contribution is 2.34. The Morgan fingerprint density at radius 1 is 1.47 bits per heavy atom. The molecule has 0 spiro atoms. The SMILES string of the molecule is CC1CSc2ccc(S(=O)(=O)Cl)cc2NC1=O. The van der Waals surface area contributed by atoms with Crippen LogP contribution in [0, 0.1) is 5.92 Å². The molecular weight excluding hydrogens is 282 g/mol. The number of amides is 1. The van der Waals surface area contributed by atoms with Crippen LogP contribution in [0.15, 0.2) is 28.0 Å². The number of nitrogens with one attached hydrogen (secondary N) is 1. The average molecular weight is 292 g/mol. The Labute approximate surface area is 108 Å². The van der Waals surface area contributed by atoms with Gasteiger partial charge in [-0.15, -0.1) is 11.8 Å². The smallest absolute Gasteiger partial charge is 0.261 e. The Kier molecular flexibility index (Phi) is 3.38. The molecule has 1 aliphatic rings. The molecule has 0 saturated heterocycles. The normalized spacial score (nSPS) is 20.4. The van der Waals surface area contributed by atoms with E-state index in [1.165, 1.54) is 23.9 Å². The summed E-state index contributed by atoms with van der Waals surface area (Å²) in [5.41, 5.74) is 0.506. The van der Waals surface area contributed by atoms with Crippen molar-refractivity contribution in [2.45, 2.75) is 16.7 Å². The summed E-state index contributed by atoms with van der Waals surface area (Å²) in [6.07, 6.45) is 0. The van der Waals surface area contributed by atoms with Crippen molar-refractivity contribution < 1.29 is 13.2 Å². The van der Waals surface area contributed by atoms with E-state index in [1.807, 2.05) is 6.92 Å². The van der Waals surface area contributed by atoms with Gasteiger partial charge in [-0.05, 0) is 18.2 Å². The fourth-order valence-electron chi connectivity index (χ4n) is 1.43. The van der Waals surface area contributed by atoms with Crippen LogP contribution in [0.3, 0.4) is 0 Å². The lowest BCUT2D eigenvalue weighted by Gasteiger charge is -2.07. The van der Waals surface area contributed by atoms with Crippen molar-refractivity contribution in [3.05, 3.63) is 18.2 Å². The van der Waals surface area contributed by atoms with Gasteiger partial charge < -0.3 is 5.32 Å². The first-order valence-corrected chi connectivity index (χ1v) is 8.20. The van der Waals surface area contributed by atoms with Crippen LogP contribution in [0.2, 0.25) is 0 Å². The Morgan fingerprint density at radius 2 is 2.18 bits per heavy atom. The molecule has 1 atom stereocenters. The molecular formula is C10H10ClNO3S2. The van der Waals surface area contributed by atoms with Gasteiger partial charge in [-0.1, -0.05) is 6.92 Å². The topological polar surface area (TPSA) is 63.2 Å². The van der Waals surface area contributed by atoms with Crippen LogP contribution in [0.1, 0.15) is 6.92 Å². The number of carbonyl (C=O) groups is 1. The van der Waals surface area contributed by atoms with Gasteiger partial charge in [-0.3, -0.25) is 4.79 Å². The number of carbonyl (C=O) groups excluding carboxylic acids is 1. The lowest BCUT2D eigenvalue weighted by molar-refractivity contribution is -0.118. The maximum Gasteiger partial charge on any atom is 0.261 e. The Bertz CT molecular complexity index is 571. The molecule has 0 bridgehead atoms. The summed E-state index contributed by atoms with van der Waals surface area (Å²) in [4.78, 5) is 12.5. The van der Waals surface area contributed by atoms with E-state index in [0.717, 1.165) is 4.90 Å². The minimum Gasteiger partial charge on any atom is -0.325 e. The second-order valence-corrected chi connectivity index (χ2v) is 7.42. The third-order valence-electron chi connectivity index (χ3n) is 2.43. The monoisotopic (exact) mass is 291 g/mol. The van der Waals surface area contributed by atoms with Gasteiger partial charge in [0.05, 0.1) is 10.6 Å². The minimum absolute atomic E-state index is 0.00614. The number of hydrogen-bond acceptors (Lipinski definition) is 4. The van der Waals surface area contributed by atoms with Crippen LogP contribution in [-0.2, 0) is 13.8 Å². The van der Waals surface area contributed by atoms with Crippen LogP contribution >= 0.6 is 22.4 Å². The average Bonchev–Trinajstić information content (AvgIpc) is 2.37. The highest BCUT2D eigenvalue weighted by Gasteiger charge is 2.21. The largest absolute Gasteiger partial charge is 0.325 e. The van der Waals surface area contributed by atoms with E-state index in [1.54, 1.807) is 6.07 Å². The molecule has 0 saturated carbocycles. The van der Waals surface area contributed by atoms with Crippen LogP contribution in [-0.4, -0.2) is 20.1 Å². The zero-order chi connectivity index (χ0) is 12.6. The van der Waals surface area contributed by atoms with E-state index in [2.05, 4.69) is 5.32 Å². The van der Waals surface area contributed by atoms with Gasteiger partial charge in [-0.2, -0.15) is 0 Å². The van der Waals surface area contributed by atoms with Crippen molar-refractivity contribution in [3.63, 3.8) is 0 Å². The predicted molar refractivity (Wildman–Crippen MR) is 68.0 cm³/mol. The van der Waals surface area contributed by atoms with Crippen LogP contribution in [0.5, 0.6) is 0 Å². The molecule has 0 aromatic heterocycles. The van der Waals surface area contributed by atoms with Gasteiger partial charge in [0, 0.05) is 27.2 Å². The standard InChI is InChI=1S/C10H10ClNO3S2/c1-6-5-16-9-3-2-7(17(11,14)15)4-8(9)12-10(6)13/h2-4,6H,5H2,1H3,(H,12,13). The molecule has 0 fully saturated rings. The van der Waals surface area contributed by atoms with Gasteiger partial charge in [0.15, 0.2) is 0 Å². The molecule has 1 unspecified atom stereocenters. The van der Waals surface area contributed by atoms with E-state index >= 15 is 0 Å². The Balaban J connectivity index is 2.46. The molecule has 1 aromatic rings. The van der Waals surface area contributed by atoms with Crippen molar-refractivity contribution in [1.29, 1.82) is 0 Å². The van der Waals surface area contributed by atoms with E-state index < -0.39 is 9.05 Å². The van der Waals surface area contributed by atoms with Crippen LogP contribution in [0.25, 0.3) is 0 Å². The van der Waals surface area contributed by atoms with Crippen molar-refractivity contribution in [3.8, 4) is 0 Å². The van der Waals surface area contributed by atoms with Gasteiger partial charge in [0.25, 0.3) is 9.05 Å². The van der Waals surface area contributed by atoms with Gasteiger partial charge >= 0.3 is 0 Å². The molecule has 0 aliphatic carbocycles. The predicted octanol–water partition coefficient (Wildman–Crippen LogP) is 2.29. The summed E-state index contributed by atoms with van der Waals surface area (Å²) in [6, 6.07) is 4.49. The minimum atomic E-state index is -3.77. The highest BCUT2D eigenvalue weighted by molar-refractivity contribution is 8.13. The zero-order valence-electron chi connectivity index (χ0n) is 8.94. The summed E-state index contributed by atoms with van der Waals surface area (Å²) in [5.74, 6) is 0.454. The number of anilines is 1. The van der Waals surface area contributed by atoms with Crippen molar-refractivity contribution >= 4 is 43.1 Å². The molecule has 7 heteroatoms. The number of fused-ring (bicyclic) bond motifs is 1. The lowest BCUT2D eigenvalue weighted by atomic mass is 10.2. The van der Waals surface area contributed by atoms with Crippen molar-refractivity contribution in [2.75, 3.05) is 11.1 Å². The summed E-state index contributed by atoms with van der Waals surface area (Å²) < 4.78 is 22.4. The quantitative estimate of drug-likeness (QED) is 0.807. The molecule has 1 aliphatic heterocycles. The molecule has 1 amide bonds. The van der Waals surface area contributed by atoms with E-state index in [0.29, 0.717) is 11.4 Å². The summed E-state index contributed by atoms with van der Waals surface area (Å²) in [5, 5.41) is 2.70. The summed E-state index contributed by atoms with van der Waals surface area (Å²) in [7, 11) is 1.49. The van der Waals surface area contributed by atoms with Crippen LogP contribution < -0.4 is 5.32 Å². The third-order valence-corrected chi connectivity index (χ3v) is 5.11. The molecule has 1 heterocycles. The highest BCUT2D eigenvalue weighted by atomic mass is 35.7. The molecule has 1 N–H and O–H groups in total. The number of thioether (sulfide) groups is 1. The van der Waals surface area contributed by atoms with E-state index in [-0.39, 0.29) is 16.7 Å². The first-order chi connectivity index (χ1) is 7.88. The second kappa shape index (κ2) is 4.51. The van der Waals surface area contributed by atoms with Crippen molar-refractivity contribution in [1.82, 2.24) is 0 Å². The number of rotatable bonds is 1. The van der Waals surface area contributed by atoms with Crippen LogP contribution in [0.4, 0.5) is 5.69 Å².